The number of rotatable bonds is 6. The Hall–Kier alpha value is -1.56. The highest BCUT2D eigenvalue weighted by Gasteiger charge is 2.18. The van der Waals surface area contributed by atoms with Gasteiger partial charge in [-0.3, -0.25) is 0 Å². The third-order valence-electron chi connectivity index (χ3n) is 2.33. The lowest BCUT2D eigenvalue weighted by atomic mass is 9.89. The Balaban J connectivity index is 2.44. The molecule has 0 aliphatic carbocycles. The van der Waals surface area contributed by atoms with E-state index in [1.165, 1.54) is 6.26 Å². The number of ether oxygens (including phenoxy) is 1. The fraction of sp³-hybridized carbons (Fsp3) is 0.692. The number of hydrogen-bond acceptors (Lipinski definition) is 6. The van der Waals surface area contributed by atoms with E-state index in [0.29, 0.717) is 19.6 Å². The van der Waals surface area contributed by atoms with Crippen molar-refractivity contribution in [3.63, 3.8) is 0 Å². The van der Waals surface area contributed by atoms with Crippen molar-refractivity contribution < 1.29 is 19.1 Å². The molecule has 0 fully saturated rings. The molecule has 1 atom stereocenters. The molecule has 0 radical (unpaired) electrons. The third kappa shape index (κ3) is 5.74. The second kappa shape index (κ2) is 6.56. The summed E-state index contributed by atoms with van der Waals surface area (Å²) in [5.41, 5.74) is 0.169. The first-order valence-corrected chi connectivity index (χ1v) is 6.36. The Kier molecular flexibility index (Phi) is 5.35. The number of anilines is 1. The minimum Gasteiger partial charge on any atom is -0.461 e. The van der Waals surface area contributed by atoms with Gasteiger partial charge in [-0.05, 0) is 18.8 Å². The fourth-order valence-corrected chi connectivity index (χ4v) is 1.64. The number of aromatic nitrogens is 1. The summed E-state index contributed by atoms with van der Waals surface area (Å²) < 4.78 is 9.87. The number of oxazole rings is 1. The van der Waals surface area contributed by atoms with Crippen LogP contribution in [-0.2, 0) is 4.74 Å². The summed E-state index contributed by atoms with van der Waals surface area (Å²) in [4.78, 5) is 15.3. The van der Waals surface area contributed by atoms with E-state index in [4.69, 9.17) is 9.15 Å². The number of esters is 1. The van der Waals surface area contributed by atoms with E-state index in [1.54, 1.807) is 6.92 Å². The van der Waals surface area contributed by atoms with Gasteiger partial charge in [-0.1, -0.05) is 20.8 Å². The lowest BCUT2D eigenvalue weighted by molar-refractivity contribution is 0.0519. The van der Waals surface area contributed by atoms with Crippen molar-refractivity contribution in [3.05, 3.63) is 12.0 Å². The van der Waals surface area contributed by atoms with Gasteiger partial charge in [-0.2, -0.15) is 4.98 Å². The summed E-state index contributed by atoms with van der Waals surface area (Å²) in [6.45, 7) is 8.50. The second-order valence-electron chi connectivity index (χ2n) is 5.56. The quantitative estimate of drug-likeness (QED) is 0.770. The van der Waals surface area contributed by atoms with Gasteiger partial charge in [-0.15, -0.1) is 0 Å². The molecular formula is C13H22N2O4. The number of aliphatic hydroxyl groups excluding tert-OH is 1. The highest BCUT2D eigenvalue weighted by Crippen LogP contribution is 2.21. The minimum absolute atomic E-state index is 0.0494. The zero-order chi connectivity index (χ0) is 14.5. The van der Waals surface area contributed by atoms with Crippen molar-refractivity contribution in [3.8, 4) is 0 Å². The van der Waals surface area contributed by atoms with Crippen LogP contribution >= 0.6 is 0 Å². The van der Waals surface area contributed by atoms with Gasteiger partial charge in [-0.25, -0.2) is 4.79 Å². The topological polar surface area (TPSA) is 84.6 Å². The maximum atomic E-state index is 11.4. The maximum Gasteiger partial charge on any atom is 0.360 e. The van der Waals surface area contributed by atoms with Gasteiger partial charge in [0, 0.05) is 6.54 Å². The molecular weight excluding hydrogens is 248 g/mol. The standard InChI is InChI=1S/C13H22N2O4/c1-5-18-11(17)10-8-19-12(15-10)14-7-9(16)6-13(2,3)4/h8-9,16H,5-7H2,1-4H3,(H,14,15). The van der Waals surface area contributed by atoms with Crippen LogP contribution in [0.25, 0.3) is 0 Å². The van der Waals surface area contributed by atoms with Crippen LogP contribution in [0.2, 0.25) is 0 Å². The molecule has 0 saturated carbocycles. The van der Waals surface area contributed by atoms with Gasteiger partial charge in [0.1, 0.15) is 6.26 Å². The first-order chi connectivity index (χ1) is 8.81. The number of hydrogen-bond donors (Lipinski definition) is 2. The van der Waals surface area contributed by atoms with E-state index >= 15 is 0 Å². The maximum absolute atomic E-state index is 11.4. The molecule has 1 rings (SSSR count). The smallest absolute Gasteiger partial charge is 0.360 e. The van der Waals surface area contributed by atoms with Crippen molar-refractivity contribution in [2.75, 3.05) is 18.5 Å². The van der Waals surface area contributed by atoms with E-state index in [1.807, 2.05) is 0 Å². The fourth-order valence-electron chi connectivity index (χ4n) is 1.64. The van der Waals surface area contributed by atoms with Crippen LogP contribution in [-0.4, -0.2) is 35.3 Å². The van der Waals surface area contributed by atoms with E-state index in [9.17, 15) is 9.90 Å². The first kappa shape index (κ1) is 15.5. The van der Waals surface area contributed by atoms with Gasteiger partial charge >= 0.3 is 5.97 Å². The van der Waals surface area contributed by atoms with Crippen molar-refractivity contribution >= 4 is 12.0 Å². The Morgan fingerprint density at radius 3 is 2.84 bits per heavy atom. The molecule has 6 nitrogen and oxygen atoms in total. The second-order valence-corrected chi connectivity index (χ2v) is 5.56. The molecule has 2 N–H and O–H groups in total. The zero-order valence-electron chi connectivity index (χ0n) is 11.9. The normalized spacial score (nSPS) is 13.1. The van der Waals surface area contributed by atoms with E-state index in [0.717, 1.165) is 0 Å². The van der Waals surface area contributed by atoms with Crippen molar-refractivity contribution in [1.29, 1.82) is 0 Å². The molecule has 1 aromatic rings. The number of carbonyl (C=O) groups excluding carboxylic acids is 1. The van der Waals surface area contributed by atoms with Crippen LogP contribution in [0, 0.1) is 5.41 Å². The molecule has 1 aromatic heterocycles. The van der Waals surface area contributed by atoms with Crippen molar-refractivity contribution in [2.45, 2.75) is 40.2 Å². The van der Waals surface area contributed by atoms with Gasteiger partial charge < -0.3 is 19.6 Å². The zero-order valence-corrected chi connectivity index (χ0v) is 11.9. The van der Waals surface area contributed by atoms with Crippen molar-refractivity contribution in [2.24, 2.45) is 5.41 Å². The lowest BCUT2D eigenvalue weighted by Gasteiger charge is -2.22. The summed E-state index contributed by atoms with van der Waals surface area (Å²) in [5.74, 6) is -0.519. The Labute approximate surface area is 113 Å². The lowest BCUT2D eigenvalue weighted by Crippen LogP contribution is -2.25. The van der Waals surface area contributed by atoms with Crippen LogP contribution in [0.1, 0.15) is 44.6 Å². The molecule has 0 amide bonds. The molecule has 0 spiro atoms. The molecule has 0 aromatic carbocycles. The van der Waals surface area contributed by atoms with Crippen molar-refractivity contribution in [1.82, 2.24) is 4.98 Å². The largest absolute Gasteiger partial charge is 0.461 e. The third-order valence-corrected chi connectivity index (χ3v) is 2.33. The molecule has 0 saturated heterocycles. The highest BCUT2D eigenvalue weighted by molar-refractivity contribution is 5.87. The molecule has 1 heterocycles. The van der Waals surface area contributed by atoms with Gasteiger partial charge in [0.05, 0.1) is 12.7 Å². The van der Waals surface area contributed by atoms with E-state index in [2.05, 4.69) is 31.1 Å². The van der Waals surface area contributed by atoms with Gasteiger partial charge in [0.2, 0.25) is 0 Å². The molecule has 6 heteroatoms. The molecule has 1 unspecified atom stereocenters. The Morgan fingerprint density at radius 1 is 1.58 bits per heavy atom. The number of nitrogens with zero attached hydrogens (tertiary/aromatic N) is 1. The number of nitrogens with one attached hydrogen (secondary N) is 1. The average Bonchev–Trinajstić information content (AvgIpc) is 2.73. The summed E-state index contributed by atoms with van der Waals surface area (Å²) in [5, 5.41) is 12.7. The van der Waals surface area contributed by atoms with Crippen LogP contribution in [0.15, 0.2) is 10.7 Å². The van der Waals surface area contributed by atoms with Crippen LogP contribution in [0.3, 0.4) is 0 Å². The van der Waals surface area contributed by atoms with Gasteiger partial charge in [0.25, 0.3) is 6.01 Å². The minimum atomic E-state index is -0.519. The molecule has 0 aliphatic heterocycles. The number of aliphatic hydroxyl groups is 1. The predicted molar refractivity (Wildman–Crippen MR) is 71.0 cm³/mol. The van der Waals surface area contributed by atoms with E-state index in [-0.39, 0.29) is 17.1 Å². The predicted octanol–water partition coefficient (Wildman–Crippen LogP) is 2.06. The van der Waals surface area contributed by atoms with Crippen LogP contribution in [0.5, 0.6) is 0 Å². The monoisotopic (exact) mass is 270 g/mol. The van der Waals surface area contributed by atoms with E-state index < -0.39 is 12.1 Å². The highest BCUT2D eigenvalue weighted by atomic mass is 16.5. The number of carbonyl (C=O) groups is 1. The Morgan fingerprint density at radius 2 is 2.26 bits per heavy atom. The summed E-state index contributed by atoms with van der Waals surface area (Å²) in [6, 6.07) is 0.205. The summed E-state index contributed by atoms with van der Waals surface area (Å²) in [7, 11) is 0. The molecule has 19 heavy (non-hydrogen) atoms. The van der Waals surface area contributed by atoms with Crippen LogP contribution < -0.4 is 5.32 Å². The molecule has 0 aliphatic rings. The molecule has 0 bridgehead atoms. The first-order valence-electron chi connectivity index (χ1n) is 6.36. The molecule has 108 valence electrons. The SMILES string of the molecule is CCOC(=O)c1coc(NCC(O)CC(C)(C)C)n1. The van der Waals surface area contributed by atoms with Gasteiger partial charge in [0.15, 0.2) is 5.69 Å². The van der Waals surface area contributed by atoms with Crippen LogP contribution in [0.4, 0.5) is 6.01 Å². The summed E-state index contributed by atoms with van der Waals surface area (Å²) in [6.07, 6.45) is 1.39. The summed E-state index contributed by atoms with van der Waals surface area (Å²) >= 11 is 0. The Bertz CT molecular complexity index is 409. The average molecular weight is 270 g/mol.